The lowest BCUT2D eigenvalue weighted by atomic mass is 10.0. The van der Waals surface area contributed by atoms with Gasteiger partial charge in [0.2, 0.25) is 0 Å². The molecule has 0 unspecified atom stereocenters. The highest BCUT2D eigenvalue weighted by atomic mass is 32.2. The zero-order chi connectivity index (χ0) is 18.8. The molecule has 2 aromatic heterocycles. The first kappa shape index (κ1) is 17.9. The molecule has 3 aromatic rings. The number of carbonyl (C=O) groups is 1. The van der Waals surface area contributed by atoms with Crippen molar-refractivity contribution in [3.05, 3.63) is 58.6 Å². The van der Waals surface area contributed by atoms with Crippen molar-refractivity contribution in [3.63, 3.8) is 0 Å². The Kier molecular flexibility index (Phi) is 5.03. The van der Waals surface area contributed by atoms with Crippen LogP contribution in [0.5, 0.6) is 0 Å². The molecule has 0 aliphatic carbocycles. The molecule has 0 radical (unpaired) electrons. The lowest BCUT2D eigenvalue weighted by Gasteiger charge is -2.32. The van der Waals surface area contributed by atoms with E-state index in [1.807, 2.05) is 39.8 Å². The number of fused-ring (bicyclic) bond motifs is 1. The first-order chi connectivity index (χ1) is 13.2. The first-order valence-electron chi connectivity index (χ1n) is 9.24. The van der Waals surface area contributed by atoms with E-state index in [1.165, 1.54) is 0 Å². The van der Waals surface area contributed by atoms with Gasteiger partial charge in [-0.15, -0.1) is 11.8 Å². The van der Waals surface area contributed by atoms with Crippen LogP contribution in [0.1, 0.15) is 36.2 Å². The number of para-hydroxylation sites is 2. The minimum absolute atomic E-state index is 0.0417. The molecule has 1 aromatic carbocycles. The lowest BCUT2D eigenvalue weighted by molar-refractivity contribution is 0.0694. The maximum absolute atomic E-state index is 12.8. The summed E-state index contributed by atoms with van der Waals surface area (Å²) in [6.45, 7) is 3.36. The highest BCUT2D eigenvalue weighted by Gasteiger charge is 2.26. The molecule has 3 heterocycles. The Morgan fingerprint density at radius 3 is 2.81 bits per heavy atom. The number of aromatic nitrogens is 3. The van der Waals surface area contributed by atoms with Gasteiger partial charge in [0, 0.05) is 30.9 Å². The fourth-order valence-corrected chi connectivity index (χ4v) is 4.36. The van der Waals surface area contributed by atoms with Crippen molar-refractivity contribution < 1.29 is 4.79 Å². The van der Waals surface area contributed by atoms with Crippen LogP contribution >= 0.6 is 11.8 Å². The monoisotopic (exact) mass is 382 g/mol. The second-order valence-corrected chi connectivity index (χ2v) is 7.94. The molecule has 1 saturated heterocycles. The predicted octanol–water partition coefficient (Wildman–Crippen LogP) is 3.31. The Labute approximate surface area is 161 Å². The fraction of sp³-hybridized carbons (Fsp3) is 0.350. The standard InChI is InChI=1S/C20H22N4O2S/c1-2-27-18-13-14(7-10-21-18)19(25)23-11-8-15(9-12-23)24-17-6-4-3-5-16(17)22-20(24)26/h3-7,10,13,15H,2,8-9,11-12H2,1H3,(H,22,26). The van der Waals surface area contributed by atoms with Gasteiger partial charge < -0.3 is 9.88 Å². The molecule has 0 spiro atoms. The summed E-state index contributed by atoms with van der Waals surface area (Å²) in [6, 6.07) is 11.5. The Balaban J connectivity index is 1.49. The average molecular weight is 382 g/mol. The van der Waals surface area contributed by atoms with Crippen LogP contribution < -0.4 is 5.69 Å². The minimum Gasteiger partial charge on any atom is -0.338 e. The van der Waals surface area contributed by atoms with E-state index in [1.54, 1.807) is 24.0 Å². The normalized spacial score (nSPS) is 15.4. The molecule has 1 amide bonds. The molecule has 27 heavy (non-hydrogen) atoms. The Bertz CT molecular complexity index is 1020. The summed E-state index contributed by atoms with van der Waals surface area (Å²) >= 11 is 1.63. The molecular formula is C20H22N4O2S. The van der Waals surface area contributed by atoms with E-state index in [0.29, 0.717) is 18.7 Å². The molecule has 0 atom stereocenters. The Hall–Kier alpha value is -2.54. The molecule has 1 aliphatic rings. The fourth-order valence-electron chi connectivity index (χ4n) is 3.72. The van der Waals surface area contributed by atoms with Crippen molar-refractivity contribution in [2.45, 2.75) is 30.8 Å². The molecule has 4 rings (SSSR count). The number of amides is 1. The largest absolute Gasteiger partial charge is 0.338 e. The van der Waals surface area contributed by atoms with Crippen molar-refractivity contribution in [1.29, 1.82) is 0 Å². The number of nitrogens with zero attached hydrogens (tertiary/aromatic N) is 3. The van der Waals surface area contributed by atoms with Crippen molar-refractivity contribution in [2.75, 3.05) is 18.8 Å². The van der Waals surface area contributed by atoms with Gasteiger partial charge in [-0.3, -0.25) is 9.36 Å². The van der Waals surface area contributed by atoms with Crippen LogP contribution in [0, 0.1) is 0 Å². The van der Waals surface area contributed by atoms with Crippen LogP contribution in [0.25, 0.3) is 11.0 Å². The molecular weight excluding hydrogens is 360 g/mol. The quantitative estimate of drug-likeness (QED) is 0.703. The summed E-state index contributed by atoms with van der Waals surface area (Å²) in [7, 11) is 0. The molecule has 0 saturated carbocycles. The lowest BCUT2D eigenvalue weighted by Crippen LogP contribution is -2.40. The van der Waals surface area contributed by atoms with Gasteiger partial charge in [0.05, 0.1) is 16.1 Å². The second-order valence-electron chi connectivity index (χ2n) is 6.66. The van der Waals surface area contributed by atoms with Gasteiger partial charge in [-0.2, -0.15) is 0 Å². The third-order valence-corrected chi connectivity index (χ3v) is 5.82. The number of thioether (sulfide) groups is 1. The van der Waals surface area contributed by atoms with Gasteiger partial charge in [0.25, 0.3) is 5.91 Å². The first-order valence-corrected chi connectivity index (χ1v) is 10.2. The number of nitrogens with one attached hydrogen (secondary N) is 1. The summed E-state index contributed by atoms with van der Waals surface area (Å²) in [5, 5.41) is 0.878. The molecule has 7 heteroatoms. The summed E-state index contributed by atoms with van der Waals surface area (Å²) in [6.07, 6.45) is 3.24. The zero-order valence-electron chi connectivity index (χ0n) is 15.2. The van der Waals surface area contributed by atoms with Gasteiger partial charge in [0.15, 0.2) is 0 Å². The van der Waals surface area contributed by atoms with Gasteiger partial charge in [0.1, 0.15) is 0 Å². The van der Waals surface area contributed by atoms with Gasteiger partial charge in [-0.25, -0.2) is 9.78 Å². The zero-order valence-corrected chi connectivity index (χ0v) is 16.0. The number of rotatable bonds is 4. The van der Waals surface area contributed by atoms with Crippen LogP contribution in [-0.4, -0.2) is 44.2 Å². The molecule has 6 nitrogen and oxygen atoms in total. The van der Waals surface area contributed by atoms with E-state index in [4.69, 9.17) is 0 Å². The van der Waals surface area contributed by atoms with Crippen molar-refractivity contribution in [1.82, 2.24) is 19.4 Å². The molecule has 140 valence electrons. The van der Waals surface area contributed by atoms with Crippen molar-refractivity contribution >= 4 is 28.7 Å². The minimum atomic E-state index is -0.0728. The third-order valence-electron chi connectivity index (χ3n) is 5.01. The highest BCUT2D eigenvalue weighted by molar-refractivity contribution is 7.99. The number of likely N-dealkylation sites (tertiary alicyclic amines) is 1. The van der Waals surface area contributed by atoms with Crippen molar-refractivity contribution in [3.8, 4) is 0 Å². The van der Waals surface area contributed by atoms with E-state index >= 15 is 0 Å². The number of H-pyrrole nitrogens is 1. The van der Waals surface area contributed by atoms with Crippen LogP contribution in [-0.2, 0) is 0 Å². The van der Waals surface area contributed by atoms with Crippen molar-refractivity contribution in [2.24, 2.45) is 0 Å². The summed E-state index contributed by atoms with van der Waals surface area (Å²) in [5.41, 5.74) is 2.40. The topological polar surface area (TPSA) is 71.0 Å². The average Bonchev–Trinajstić information content (AvgIpc) is 3.04. The van der Waals surface area contributed by atoms with Crippen LogP contribution in [0.3, 0.4) is 0 Å². The van der Waals surface area contributed by atoms with E-state index in [-0.39, 0.29) is 17.6 Å². The van der Waals surface area contributed by atoms with Gasteiger partial charge >= 0.3 is 5.69 Å². The molecule has 1 aliphatic heterocycles. The third kappa shape index (κ3) is 3.51. The Morgan fingerprint density at radius 2 is 2.04 bits per heavy atom. The molecule has 0 bridgehead atoms. The number of piperidine rings is 1. The Morgan fingerprint density at radius 1 is 1.26 bits per heavy atom. The predicted molar refractivity (Wildman–Crippen MR) is 107 cm³/mol. The van der Waals surface area contributed by atoms with Gasteiger partial charge in [-0.05, 0) is 42.9 Å². The molecule has 1 N–H and O–H groups in total. The van der Waals surface area contributed by atoms with E-state index in [2.05, 4.69) is 16.9 Å². The van der Waals surface area contributed by atoms with Crippen LogP contribution in [0.2, 0.25) is 0 Å². The van der Waals surface area contributed by atoms with E-state index in [9.17, 15) is 9.59 Å². The van der Waals surface area contributed by atoms with Gasteiger partial charge in [-0.1, -0.05) is 19.1 Å². The van der Waals surface area contributed by atoms with Crippen LogP contribution in [0.4, 0.5) is 0 Å². The van der Waals surface area contributed by atoms with E-state index in [0.717, 1.165) is 34.7 Å². The SMILES string of the molecule is CCSc1cc(C(=O)N2CCC(n3c(=O)[nH]c4ccccc43)CC2)ccn1. The van der Waals surface area contributed by atoms with Crippen LogP contribution in [0.15, 0.2) is 52.4 Å². The summed E-state index contributed by atoms with van der Waals surface area (Å²) < 4.78 is 1.85. The molecule has 1 fully saturated rings. The summed E-state index contributed by atoms with van der Waals surface area (Å²) in [5.74, 6) is 0.968. The number of hydrogen-bond acceptors (Lipinski definition) is 4. The number of imidazole rings is 1. The number of carbonyl (C=O) groups excluding carboxylic acids is 1. The van der Waals surface area contributed by atoms with E-state index < -0.39 is 0 Å². The smallest absolute Gasteiger partial charge is 0.326 e. The number of benzene rings is 1. The second kappa shape index (κ2) is 7.60. The number of aromatic amines is 1. The summed E-state index contributed by atoms with van der Waals surface area (Å²) in [4.78, 5) is 34.3. The maximum Gasteiger partial charge on any atom is 0.326 e. The number of hydrogen-bond donors (Lipinski definition) is 1. The maximum atomic E-state index is 12.8. The highest BCUT2D eigenvalue weighted by Crippen LogP contribution is 2.26. The number of pyridine rings is 1.